The molecule has 1 aromatic carbocycles. The van der Waals surface area contributed by atoms with Gasteiger partial charge in [0.05, 0.1) is 11.5 Å². The van der Waals surface area contributed by atoms with Crippen LogP contribution < -0.4 is 11.3 Å². The summed E-state index contributed by atoms with van der Waals surface area (Å²) in [5.74, 6) is 5.42. The molecule has 1 aromatic rings. The highest BCUT2D eigenvalue weighted by Crippen LogP contribution is 2.28. The van der Waals surface area contributed by atoms with Crippen molar-refractivity contribution >= 4 is 11.4 Å². The lowest BCUT2D eigenvalue weighted by atomic mass is 10.1. The van der Waals surface area contributed by atoms with E-state index in [2.05, 4.69) is 10.3 Å². The van der Waals surface area contributed by atoms with E-state index in [4.69, 9.17) is 10.6 Å². The molecule has 19 heavy (non-hydrogen) atoms. The van der Waals surface area contributed by atoms with Crippen LogP contribution in [0.25, 0.3) is 0 Å². The van der Waals surface area contributed by atoms with Crippen LogP contribution in [0.15, 0.2) is 18.2 Å². The summed E-state index contributed by atoms with van der Waals surface area (Å²) in [6.07, 6.45) is 0.983. The summed E-state index contributed by atoms with van der Waals surface area (Å²) in [6, 6.07) is 5.31. The van der Waals surface area contributed by atoms with Crippen LogP contribution in [0, 0.1) is 10.1 Å². The number of hydrogen-bond donors (Lipinski definition) is 2. The van der Waals surface area contributed by atoms with Crippen LogP contribution in [0.5, 0.6) is 0 Å². The molecule has 104 valence electrons. The van der Waals surface area contributed by atoms with Gasteiger partial charge in [0.2, 0.25) is 0 Å². The molecule has 1 unspecified atom stereocenters. The van der Waals surface area contributed by atoms with Crippen molar-refractivity contribution < 1.29 is 9.66 Å². The zero-order valence-electron chi connectivity index (χ0n) is 10.8. The molecule has 1 saturated heterocycles. The molecule has 1 aliphatic heterocycles. The zero-order valence-corrected chi connectivity index (χ0v) is 10.8. The number of nitro benzene ring substituents is 1. The predicted molar refractivity (Wildman–Crippen MR) is 71.6 cm³/mol. The first-order valence-corrected chi connectivity index (χ1v) is 6.14. The van der Waals surface area contributed by atoms with Crippen LogP contribution in [0.4, 0.5) is 11.4 Å². The molecular weight excluding hydrogens is 248 g/mol. The minimum Gasteiger partial charge on any atom is -0.380 e. The van der Waals surface area contributed by atoms with Gasteiger partial charge in [-0.25, -0.2) is 0 Å². The van der Waals surface area contributed by atoms with Crippen molar-refractivity contribution in [3.05, 3.63) is 33.9 Å². The smallest absolute Gasteiger partial charge is 0.293 e. The number of para-hydroxylation sites is 1. The molecule has 1 heterocycles. The van der Waals surface area contributed by atoms with Crippen LogP contribution in [0.2, 0.25) is 0 Å². The summed E-state index contributed by atoms with van der Waals surface area (Å²) in [6.45, 7) is 2.07. The lowest BCUT2D eigenvalue weighted by Crippen LogP contribution is -2.31. The van der Waals surface area contributed by atoms with Crippen molar-refractivity contribution in [2.45, 2.75) is 19.0 Å². The van der Waals surface area contributed by atoms with Crippen molar-refractivity contribution in [2.75, 3.05) is 25.7 Å². The minimum absolute atomic E-state index is 0.00364. The number of benzene rings is 1. The zero-order chi connectivity index (χ0) is 13.8. The van der Waals surface area contributed by atoms with Crippen LogP contribution in [-0.4, -0.2) is 36.1 Å². The molecule has 0 amide bonds. The molecule has 1 aliphatic rings. The van der Waals surface area contributed by atoms with Crippen molar-refractivity contribution in [1.29, 1.82) is 0 Å². The Kier molecular flexibility index (Phi) is 4.31. The van der Waals surface area contributed by atoms with Gasteiger partial charge < -0.3 is 10.2 Å². The third kappa shape index (κ3) is 3.01. The summed E-state index contributed by atoms with van der Waals surface area (Å²) in [5.41, 5.74) is 3.62. The summed E-state index contributed by atoms with van der Waals surface area (Å²) in [5, 5.41) is 11.0. The van der Waals surface area contributed by atoms with Gasteiger partial charge in [-0.05, 0) is 19.0 Å². The fourth-order valence-corrected chi connectivity index (χ4v) is 2.30. The molecule has 0 saturated carbocycles. The largest absolute Gasteiger partial charge is 0.380 e. The Labute approximate surface area is 111 Å². The van der Waals surface area contributed by atoms with Gasteiger partial charge in [-0.15, -0.1) is 0 Å². The van der Waals surface area contributed by atoms with Crippen LogP contribution >= 0.6 is 0 Å². The first-order chi connectivity index (χ1) is 9.13. The van der Waals surface area contributed by atoms with Gasteiger partial charge in [0, 0.05) is 25.3 Å². The van der Waals surface area contributed by atoms with E-state index in [1.807, 2.05) is 13.1 Å². The number of hydrogen-bond acceptors (Lipinski definition) is 6. The van der Waals surface area contributed by atoms with Gasteiger partial charge in [0.25, 0.3) is 5.69 Å². The first kappa shape index (κ1) is 13.7. The van der Waals surface area contributed by atoms with Crippen molar-refractivity contribution in [2.24, 2.45) is 5.84 Å². The fraction of sp³-hybridized carbons (Fsp3) is 0.500. The number of nitrogens with zero attached hydrogens (tertiary/aromatic N) is 2. The van der Waals surface area contributed by atoms with Crippen molar-refractivity contribution in [1.82, 2.24) is 4.90 Å². The lowest BCUT2D eigenvalue weighted by Gasteiger charge is -2.23. The Balaban J connectivity index is 2.19. The van der Waals surface area contributed by atoms with Crippen molar-refractivity contribution in [3.63, 3.8) is 0 Å². The van der Waals surface area contributed by atoms with Crippen LogP contribution in [-0.2, 0) is 11.3 Å². The van der Waals surface area contributed by atoms with E-state index in [1.54, 1.807) is 6.07 Å². The van der Waals surface area contributed by atoms with Gasteiger partial charge in [0.1, 0.15) is 5.69 Å². The third-order valence-corrected chi connectivity index (χ3v) is 3.42. The molecule has 0 bridgehead atoms. The Morgan fingerprint density at radius 1 is 1.63 bits per heavy atom. The normalized spacial score (nSPS) is 18.8. The molecule has 2 rings (SSSR count). The highest BCUT2D eigenvalue weighted by molar-refractivity contribution is 5.65. The summed E-state index contributed by atoms with van der Waals surface area (Å²) in [7, 11) is 1.98. The Morgan fingerprint density at radius 2 is 2.42 bits per heavy atom. The number of hydrazine groups is 1. The monoisotopic (exact) mass is 266 g/mol. The van der Waals surface area contributed by atoms with E-state index in [0.29, 0.717) is 24.9 Å². The van der Waals surface area contributed by atoms with Crippen LogP contribution in [0.3, 0.4) is 0 Å². The third-order valence-electron chi connectivity index (χ3n) is 3.42. The van der Waals surface area contributed by atoms with E-state index < -0.39 is 4.92 Å². The molecule has 0 aliphatic carbocycles. The SMILES string of the molecule is CN(Cc1cccc([N+](=O)[O-])c1NN)C1CCOC1. The number of anilines is 1. The number of nitro groups is 1. The molecule has 3 N–H and O–H groups in total. The number of ether oxygens (including phenoxy) is 1. The van der Waals surface area contributed by atoms with Gasteiger partial charge in [-0.1, -0.05) is 12.1 Å². The van der Waals surface area contributed by atoms with Crippen molar-refractivity contribution in [3.8, 4) is 0 Å². The summed E-state index contributed by atoms with van der Waals surface area (Å²) in [4.78, 5) is 12.6. The molecule has 0 spiro atoms. The van der Waals surface area contributed by atoms with Crippen LogP contribution in [0.1, 0.15) is 12.0 Å². The van der Waals surface area contributed by atoms with Gasteiger partial charge in [0.15, 0.2) is 0 Å². The average molecular weight is 266 g/mol. The lowest BCUT2D eigenvalue weighted by molar-refractivity contribution is -0.384. The highest BCUT2D eigenvalue weighted by atomic mass is 16.6. The Hall–Kier alpha value is -1.70. The maximum absolute atomic E-state index is 11.0. The second kappa shape index (κ2) is 5.96. The fourth-order valence-electron chi connectivity index (χ4n) is 2.30. The number of nitrogens with one attached hydrogen (secondary N) is 1. The molecule has 7 nitrogen and oxygen atoms in total. The first-order valence-electron chi connectivity index (χ1n) is 6.14. The molecule has 0 radical (unpaired) electrons. The number of likely N-dealkylation sites (N-methyl/N-ethyl adjacent to an activating group) is 1. The second-order valence-corrected chi connectivity index (χ2v) is 4.65. The molecular formula is C12H18N4O3. The maximum atomic E-state index is 11.0. The number of nitrogen functional groups attached to an aromatic ring is 1. The van der Waals surface area contributed by atoms with Gasteiger partial charge in [-0.2, -0.15) is 0 Å². The van der Waals surface area contributed by atoms with Gasteiger partial charge in [-0.3, -0.25) is 20.9 Å². The summed E-state index contributed by atoms with van der Waals surface area (Å²) >= 11 is 0. The highest BCUT2D eigenvalue weighted by Gasteiger charge is 2.23. The summed E-state index contributed by atoms with van der Waals surface area (Å²) < 4.78 is 5.34. The van der Waals surface area contributed by atoms with E-state index in [-0.39, 0.29) is 5.69 Å². The van der Waals surface area contributed by atoms with E-state index in [9.17, 15) is 10.1 Å². The number of rotatable bonds is 5. The van der Waals surface area contributed by atoms with E-state index >= 15 is 0 Å². The van der Waals surface area contributed by atoms with E-state index in [1.165, 1.54) is 6.07 Å². The standard InChI is InChI=1S/C12H18N4O3/c1-15(10-5-6-19-8-10)7-9-3-2-4-11(16(17)18)12(9)14-13/h2-4,10,14H,5-8,13H2,1H3. The molecule has 7 heteroatoms. The molecule has 1 atom stereocenters. The maximum Gasteiger partial charge on any atom is 0.293 e. The Bertz CT molecular complexity index is 460. The van der Waals surface area contributed by atoms with Gasteiger partial charge >= 0.3 is 0 Å². The predicted octanol–water partition coefficient (Wildman–Crippen LogP) is 1.10. The topological polar surface area (TPSA) is 93.7 Å². The quantitative estimate of drug-likeness (QED) is 0.471. The molecule has 0 aromatic heterocycles. The number of nitrogens with two attached hydrogens (primary N) is 1. The minimum atomic E-state index is -0.433. The Morgan fingerprint density at radius 3 is 3.00 bits per heavy atom. The molecule has 1 fully saturated rings. The second-order valence-electron chi connectivity index (χ2n) is 4.65. The van der Waals surface area contributed by atoms with E-state index in [0.717, 1.165) is 18.6 Å². The average Bonchev–Trinajstić information content (AvgIpc) is 2.92.